The van der Waals surface area contributed by atoms with E-state index < -0.39 is 5.97 Å². The monoisotopic (exact) mass is 365 g/mol. The summed E-state index contributed by atoms with van der Waals surface area (Å²) in [5.74, 6) is 0.353. The van der Waals surface area contributed by atoms with Gasteiger partial charge in [0.15, 0.2) is 5.15 Å². The number of pyridine rings is 1. The van der Waals surface area contributed by atoms with Crippen LogP contribution < -0.4 is 0 Å². The number of hydrogen-bond donors (Lipinski definition) is 1. The molecule has 24 heavy (non-hydrogen) atoms. The van der Waals surface area contributed by atoms with E-state index in [4.69, 9.17) is 16.7 Å². The number of amides is 1. The maximum Gasteiger partial charge on any atom is 0.305 e. The number of nitrogens with zero attached hydrogens (tertiary/aromatic N) is 3. The van der Waals surface area contributed by atoms with Gasteiger partial charge in [-0.1, -0.05) is 17.7 Å². The second-order valence-electron chi connectivity index (χ2n) is 5.41. The summed E-state index contributed by atoms with van der Waals surface area (Å²) < 4.78 is 1.80. The van der Waals surface area contributed by atoms with E-state index in [-0.39, 0.29) is 18.4 Å². The van der Waals surface area contributed by atoms with Crippen LogP contribution in [0.2, 0.25) is 5.15 Å². The Morgan fingerprint density at radius 2 is 2.29 bits per heavy atom. The molecule has 1 amide bonds. The largest absolute Gasteiger partial charge is 0.481 e. The van der Waals surface area contributed by atoms with Crippen LogP contribution in [0.25, 0.3) is 11.7 Å². The van der Waals surface area contributed by atoms with Crippen LogP contribution in [0, 0.1) is 0 Å². The molecule has 2 aromatic rings. The van der Waals surface area contributed by atoms with Crippen LogP contribution in [0.4, 0.5) is 0 Å². The zero-order chi connectivity index (χ0) is 17.1. The smallest absolute Gasteiger partial charge is 0.305 e. The SMILES string of the molecule is O=C(O)CC1CSCCN1C(=O)C=Cc1c(Cl)nc2ccccn12. The highest BCUT2D eigenvalue weighted by Crippen LogP contribution is 2.21. The molecule has 3 heterocycles. The Morgan fingerprint density at radius 3 is 3.08 bits per heavy atom. The first kappa shape index (κ1) is 16.9. The first-order chi connectivity index (χ1) is 11.6. The number of thioether (sulfide) groups is 1. The van der Waals surface area contributed by atoms with Crippen molar-refractivity contribution in [2.45, 2.75) is 12.5 Å². The average Bonchev–Trinajstić information content (AvgIpc) is 2.88. The molecule has 0 spiro atoms. The van der Waals surface area contributed by atoms with Gasteiger partial charge >= 0.3 is 5.97 Å². The van der Waals surface area contributed by atoms with Gasteiger partial charge in [0.1, 0.15) is 5.65 Å². The first-order valence-electron chi connectivity index (χ1n) is 7.47. The molecule has 8 heteroatoms. The van der Waals surface area contributed by atoms with E-state index in [0.717, 1.165) is 5.75 Å². The number of carbonyl (C=O) groups is 2. The standard InChI is InChI=1S/C16H16ClN3O3S/c17-16-12(20-6-2-1-3-13(20)18-16)4-5-14(21)19-7-8-24-10-11(19)9-15(22)23/h1-6,11H,7-10H2,(H,22,23). The molecule has 1 N–H and O–H groups in total. The molecule has 1 fully saturated rings. The van der Waals surface area contributed by atoms with E-state index in [1.807, 2.05) is 24.4 Å². The highest BCUT2D eigenvalue weighted by Gasteiger charge is 2.27. The van der Waals surface area contributed by atoms with Gasteiger partial charge in [0.05, 0.1) is 18.2 Å². The van der Waals surface area contributed by atoms with Gasteiger partial charge in [-0.25, -0.2) is 4.98 Å². The van der Waals surface area contributed by atoms with Crippen LogP contribution in [0.1, 0.15) is 12.1 Å². The Kier molecular flexibility index (Phi) is 5.11. The molecule has 1 aliphatic heterocycles. The number of fused-ring (bicyclic) bond motifs is 1. The minimum atomic E-state index is -0.894. The minimum Gasteiger partial charge on any atom is -0.481 e. The van der Waals surface area contributed by atoms with Crippen LogP contribution in [-0.4, -0.2) is 55.4 Å². The van der Waals surface area contributed by atoms with Crippen molar-refractivity contribution in [3.8, 4) is 0 Å². The Hall–Kier alpha value is -1.99. The maximum atomic E-state index is 12.5. The van der Waals surface area contributed by atoms with Gasteiger partial charge in [-0.05, 0) is 18.2 Å². The summed E-state index contributed by atoms with van der Waals surface area (Å²) in [6.07, 6.45) is 4.85. The van der Waals surface area contributed by atoms with Crippen molar-refractivity contribution in [3.63, 3.8) is 0 Å². The number of carboxylic acid groups (broad SMARTS) is 1. The Morgan fingerprint density at radius 1 is 1.46 bits per heavy atom. The fourth-order valence-corrected chi connectivity index (χ4v) is 4.00. The molecule has 2 aromatic heterocycles. The molecule has 0 bridgehead atoms. The van der Waals surface area contributed by atoms with Crippen molar-refractivity contribution in [3.05, 3.63) is 41.3 Å². The topological polar surface area (TPSA) is 74.9 Å². The minimum absolute atomic E-state index is 0.0387. The number of halogens is 1. The zero-order valence-electron chi connectivity index (χ0n) is 12.8. The van der Waals surface area contributed by atoms with Crippen molar-refractivity contribution in [2.75, 3.05) is 18.1 Å². The molecule has 1 aliphatic rings. The van der Waals surface area contributed by atoms with E-state index in [1.54, 1.807) is 27.1 Å². The van der Waals surface area contributed by atoms with Gasteiger partial charge < -0.3 is 10.0 Å². The molecule has 6 nitrogen and oxygen atoms in total. The van der Waals surface area contributed by atoms with E-state index in [9.17, 15) is 9.59 Å². The molecule has 1 saturated heterocycles. The zero-order valence-corrected chi connectivity index (χ0v) is 14.3. The van der Waals surface area contributed by atoms with Gasteiger partial charge in [0.2, 0.25) is 5.91 Å². The molecule has 1 atom stereocenters. The number of aromatic nitrogens is 2. The number of carboxylic acids is 1. The molecular formula is C16H16ClN3O3S. The predicted octanol–water partition coefficient (Wildman–Crippen LogP) is 2.42. The van der Waals surface area contributed by atoms with Crippen LogP contribution >= 0.6 is 23.4 Å². The summed E-state index contributed by atoms with van der Waals surface area (Å²) in [4.78, 5) is 29.3. The lowest BCUT2D eigenvalue weighted by Gasteiger charge is -2.33. The highest BCUT2D eigenvalue weighted by atomic mass is 35.5. The van der Waals surface area contributed by atoms with E-state index in [2.05, 4.69) is 4.98 Å². The van der Waals surface area contributed by atoms with Crippen LogP contribution in [0.15, 0.2) is 30.5 Å². The van der Waals surface area contributed by atoms with Gasteiger partial charge in [-0.15, -0.1) is 0 Å². The van der Waals surface area contributed by atoms with Crippen LogP contribution in [0.5, 0.6) is 0 Å². The van der Waals surface area contributed by atoms with Gasteiger partial charge in [-0.2, -0.15) is 11.8 Å². The van der Waals surface area contributed by atoms with Crippen molar-refractivity contribution >= 4 is 47.0 Å². The third-order valence-electron chi connectivity index (χ3n) is 3.83. The first-order valence-corrected chi connectivity index (χ1v) is 9.00. The summed E-state index contributed by atoms with van der Waals surface area (Å²) in [5.41, 5.74) is 1.33. The summed E-state index contributed by atoms with van der Waals surface area (Å²) in [6.45, 7) is 0.548. The normalized spacial score (nSPS) is 18.4. The lowest BCUT2D eigenvalue weighted by molar-refractivity contribution is -0.139. The van der Waals surface area contributed by atoms with Crippen molar-refractivity contribution in [1.82, 2.24) is 14.3 Å². The van der Waals surface area contributed by atoms with E-state index in [0.29, 0.717) is 28.8 Å². The molecule has 3 rings (SSSR count). The summed E-state index contributed by atoms with van der Waals surface area (Å²) in [5, 5.41) is 9.33. The second-order valence-corrected chi connectivity index (χ2v) is 6.92. The molecule has 0 aliphatic carbocycles. The Balaban J connectivity index is 1.80. The number of rotatable bonds is 4. The number of aliphatic carboxylic acids is 1. The quantitative estimate of drug-likeness (QED) is 0.842. The fourth-order valence-electron chi connectivity index (χ4n) is 2.70. The Bertz CT molecular complexity index is 805. The molecule has 0 aromatic carbocycles. The second kappa shape index (κ2) is 7.27. The number of carbonyl (C=O) groups excluding carboxylic acids is 1. The maximum absolute atomic E-state index is 12.5. The fraction of sp³-hybridized carbons (Fsp3) is 0.312. The third kappa shape index (κ3) is 3.57. The van der Waals surface area contributed by atoms with Gasteiger partial charge in [0, 0.05) is 30.3 Å². The summed E-state index contributed by atoms with van der Waals surface area (Å²) >= 11 is 7.82. The lowest BCUT2D eigenvalue weighted by atomic mass is 10.2. The van der Waals surface area contributed by atoms with Crippen molar-refractivity contribution < 1.29 is 14.7 Å². The van der Waals surface area contributed by atoms with Crippen molar-refractivity contribution in [2.24, 2.45) is 0 Å². The molecule has 0 radical (unpaired) electrons. The van der Waals surface area contributed by atoms with Crippen LogP contribution in [-0.2, 0) is 9.59 Å². The van der Waals surface area contributed by atoms with E-state index >= 15 is 0 Å². The van der Waals surface area contributed by atoms with Crippen LogP contribution in [0.3, 0.4) is 0 Å². The molecule has 126 valence electrons. The molecule has 1 unspecified atom stereocenters. The summed E-state index contributed by atoms with van der Waals surface area (Å²) in [6, 6.07) is 5.26. The average molecular weight is 366 g/mol. The molecule has 0 saturated carbocycles. The van der Waals surface area contributed by atoms with Gasteiger partial charge in [0.25, 0.3) is 0 Å². The lowest BCUT2D eigenvalue weighted by Crippen LogP contribution is -2.46. The number of imidazole rings is 1. The van der Waals surface area contributed by atoms with E-state index in [1.165, 1.54) is 6.08 Å². The molecular weight excluding hydrogens is 350 g/mol. The summed E-state index contributed by atoms with van der Waals surface area (Å²) in [7, 11) is 0. The highest BCUT2D eigenvalue weighted by molar-refractivity contribution is 7.99. The predicted molar refractivity (Wildman–Crippen MR) is 94.3 cm³/mol. The third-order valence-corrected chi connectivity index (χ3v) is 5.20. The van der Waals surface area contributed by atoms with Crippen molar-refractivity contribution in [1.29, 1.82) is 0 Å². The van der Waals surface area contributed by atoms with Gasteiger partial charge in [-0.3, -0.25) is 14.0 Å². The Labute approximate surface area is 148 Å². The number of hydrogen-bond acceptors (Lipinski definition) is 4.